The third-order valence-electron chi connectivity index (χ3n) is 5.57. The number of carbonyl (C=O) groups is 1. The van der Waals surface area contributed by atoms with Crippen molar-refractivity contribution < 1.29 is 9.53 Å². The summed E-state index contributed by atoms with van der Waals surface area (Å²) in [5.41, 5.74) is 8.68. The van der Waals surface area contributed by atoms with E-state index < -0.39 is 0 Å². The molecule has 0 saturated carbocycles. The summed E-state index contributed by atoms with van der Waals surface area (Å²) in [4.78, 5) is 21.1. The van der Waals surface area contributed by atoms with E-state index in [2.05, 4.69) is 39.5 Å². The fourth-order valence-corrected chi connectivity index (χ4v) is 3.64. The van der Waals surface area contributed by atoms with E-state index in [1.807, 2.05) is 31.9 Å². The summed E-state index contributed by atoms with van der Waals surface area (Å²) in [5.74, 6) is -0.0289. The lowest BCUT2D eigenvalue weighted by Crippen LogP contribution is -2.47. The van der Waals surface area contributed by atoms with Crippen molar-refractivity contribution in [3.63, 3.8) is 0 Å². The summed E-state index contributed by atoms with van der Waals surface area (Å²) in [6, 6.07) is 11.1. The number of rotatable bonds is 5. The van der Waals surface area contributed by atoms with Gasteiger partial charge in [-0.1, -0.05) is 30.3 Å². The van der Waals surface area contributed by atoms with Gasteiger partial charge in [-0.05, 0) is 32.3 Å². The van der Waals surface area contributed by atoms with E-state index in [1.165, 1.54) is 5.56 Å². The van der Waals surface area contributed by atoms with Gasteiger partial charge in [-0.15, -0.1) is 0 Å². The topological polar surface area (TPSA) is 83.2 Å². The summed E-state index contributed by atoms with van der Waals surface area (Å²) in [6.07, 6.45) is 1.95. The van der Waals surface area contributed by atoms with Gasteiger partial charge in [-0.3, -0.25) is 9.69 Å². The zero-order valence-corrected chi connectivity index (χ0v) is 17.0. The van der Waals surface area contributed by atoms with Gasteiger partial charge in [0.2, 0.25) is 0 Å². The molecule has 3 rings (SSSR count). The van der Waals surface area contributed by atoms with Crippen LogP contribution in [0.5, 0.6) is 0 Å². The zero-order valence-electron chi connectivity index (χ0n) is 17.0. The molecule has 2 aliphatic rings. The van der Waals surface area contributed by atoms with Gasteiger partial charge in [0.05, 0.1) is 17.4 Å². The van der Waals surface area contributed by atoms with Crippen LogP contribution in [0.25, 0.3) is 0 Å². The van der Waals surface area contributed by atoms with Crippen LogP contribution in [0.3, 0.4) is 0 Å². The van der Waals surface area contributed by atoms with Gasteiger partial charge in [-0.25, -0.2) is 4.99 Å². The van der Waals surface area contributed by atoms with Crippen LogP contribution in [0.2, 0.25) is 0 Å². The minimum Gasteiger partial charge on any atom is -0.455 e. The zero-order chi connectivity index (χ0) is 20.1. The maximum absolute atomic E-state index is 12.6. The summed E-state index contributed by atoms with van der Waals surface area (Å²) in [5, 5.41) is 3.07. The number of allylic oxidation sites excluding steroid dienone is 1. The molecular weight excluding hydrogens is 354 g/mol. The monoisotopic (exact) mass is 385 g/mol. The van der Waals surface area contributed by atoms with Crippen LogP contribution in [0, 0.1) is 0 Å². The molecule has 1 saturated heterocycles. The second kappa shape index (κ2) is 9.10. The van der Waals surface area contributed by atoms with Gasteiger partial charge < -0.3 is 20.7 Å². The van der Waals surface area contributed by atoms with E-state index in [-0.39, 0.29) is 24.6 Å². The van der Waals surface area contributed by atoms with Crippen LogP contribution < -0.4 is 11.1 Å². The molecular formula is C21H31N5O2. The predicted octanol–water partition coefficient (Wildman–Crippen LogP) is 1.66. The largest absolute Gasteiger partial charge is 0.455 e. The lowest BCUT2D eigenvalue weighted by Gasteiger charge is -2.36. The van der Waals surface area contributed by atoms with Crippen LogP contribution in [-0.4, -0.2) is 60.6 Å². The lowest BCUT2D eigenvalue weighted by atomic mass is 10.0. The number of hydrogen-bond donors (Lipinski definition) is 2. The SMILES string of the molecule is CC1=C(N)C(C)NC(OCC(=O)N(C)C2CCN(Cc3ccccc3)CC2)=N1. The summed E-state index contributed by atoms with van der Waals surface area (Å²) >= 11 is 0. The number of benzene rings is 1. The van der Waals surface area contributed by atoms with E-state index in [4.69, 9.17) is 10.5 Å². The second-order valence-corrected chi connectivity index (χ2v) is 7.61. The normalized spacial score (nSPS) is 21.1. The Labute approximate surface area is 167 Å². The van der Waals surface area contributed by atoms with E-state index in [0.717, 1.165) is 38.2 Å². The molecule has 0 aliphatic carbocycles. The number of nitrogens with one attached hydrogen (secondary N) is 1. The molecule has 1 amide bonds. The van der Waals surface area contributed by atoms with Gasteiger partial charge in [0.15, 0.2) is 6.61 Å². The number of hydrogen-bond acceptors (Lipinski definition) is 6. The summed E-state index contributed by atoms with van der Waals surface area (Å²) in [7, 11) is 1.87. The maximum atomic E-state index is 12.6. The summed E-state index contributed by atoms with van der Waals surface area (Å²) < 4.78 is 5.59. The lowest BCUT2D eigenvalue weighted by molar-refractivity contribution is -0.135. The Hall–Kier alpha value is -2.54. The first-order valence-electron chi connectivity index (χ1n) is 9.90. The molecule has 3 N–H and O–H groups in total. The summed E-state index contributed by atoms with van der Waals surface area (Å²) in [6.45, 7) is 6.71. The quantitative estimate of drug-likeness (QED) is 0.806. The second-order valence-electron chi connectivity index (χ2n) is 7.61. The number of ether oxygens (including phenoxy) is 1. The first-order chi connectivity index (χ1) is 13.4. The smallest absolute Gasteiger partial charge is 0.290 e. The molecule has 1 aromatic carbocycles. The third-order valence-corrected chi connectivity index (χ3v) is 5.57. The standard InChI is InChI=1S/C21H31N5O2/c1-15-20(22)16(2)24-21(23-15)28-14-19(27)25(3)18-9-11-26(12-10-18)13-17-7-5-4-6-8-17/h4-8,15,18H,9-14,22H2,1-3H3,(H,23,24). The van der Waals surface area contributed by atoms with Gasteiger partial charge in [0, 0.05) is 32.7 Å². The van der Waals surface area contributed by atoms with Crippen LogP contribution in [0.15, 0.2) is 46.7 Å². The Morgan fingerprint density at radius 2 is 2.00 bits per heavy atom. The highest BCUT2D eigenvalue weighted by atomic mass is 16.5. The molecule has 0 radical (unpaired) electrons. The van der Waals surface area contributed by atoms with Crippen molar-refractivity contribution in [2.45, 2.75) is 45.3 Å². The number of amidine groups is 1. The number of nitrogens with zero attached hydrogens (tertiary/aromatic N) is 3. The first-order valence-corrected chi connectivity index (χ1v) is 9.90. The minimum atomic E-state index is -0.0470. The number of piperidine rings is 1. The van der Waals surface area contributed by atoms with Gasteiger partial charge >= 0.3 is 0 Å². The van der Waals surface area contributed by atoms with Crippen molar-refractivity contribution in [2.24, 2.45) is 10.7 Å². The Kier molecular flexibility index (Phi) is 6.57. The molecule has 0 aromatic heterocycles. The van der Waals surface area contributed by atoms with Crippen molar-refractivity contribution in [3.8, 4) is 0 Å². The molecule has 1 fully saturated rings. The molecule has 1 aromatic rings. The highest BCUT2D eigenvalue weighted by Gasteiger charge is 2.26. The molecule has 2 heterocycles. The van der Waals surface area contributed by atoms with Crippen molar-refractivity contribution in [2.75, 3.05) is 26.7 Å². The average molecular weight is 386 g/mol. The van der Waals surface area contributed by atoms with E-state index in [0.29, 0.717) is 11.7 Å². The molecule has 28 heavy (non-hydrogen) atoms. The highest BCUT2D eigenvalue weighted by molar-refractivity contribution is 5.83. The van der Waals surface area contributed by atoms with E-state index in [1.54, 1.807) is 0 Å². The van der Waals surface area contributed by atoms with Crippen molar-refractivity contribution >= 4 is 11.9 Å². The van der Waals surface area contributed by atoms with Crippen molar-refractivity contribution in [3.05, 3.63) is 47.3 Å². The number of aliphatic imine (C=N–C) groups is 1. The number of nitrogens with two attached hydrogens (primary N) is 1. The Morgan fingerprint density at radius 3 is 2.64 bits per heavy atom. The molecule has 2 aliphatic heterocycles. The van der Waals surface area contributed by atoms with Crippen LogP contribution in [-0.2, 0) is 16.1 Å². The van der Waals surface area contributed by atoms with Crippen LogP contribution in [0.1, 0.15) is 32.3 Å². The molecule has 7 heteroatoms. The highest BCUT2D eigenvalue weighted by Crippen LogP contribution is 2.18. The van der Waals surface area contributed by atoms with Crippen LogP contribution in [0.4, 0.5) is 0 Å². The van der Waals surface area contributed by atoms with E-state index >= 15 is 0 Å². The fraction of sp³-hybridized carbons (Fsp3) is 0.524. The third kappa shape index (κ3) is 5.04. The van der Waals surface area contributed by atoms with Gasteiger partial charge in [-0.2, -0.15) is 0 Å². The molecule has 1 atom stereocenters. The van der Waals surface area contributed by atoms with Crippen molar-refractivity contribution in [1.29, 1.82) is 0 Å². The predicted molar refractivity (Wildman–Crippen MR) is 110 cm³/mol. The Morgan fingerprint density at radius 1 is 1.32 bits per heavy atom. The number of amides is 1. The van der Waals surface area contributed by atoms with Gasteiger partial charge in [0.25, 0.3) is 11.9 Å². The fourth-order valence-electron chi connectivity index (χ4n) is 3.64. The molecule has 0 spiro atoms. The Balaban J connectivity index is 1.44. The van der Waals surface area contributed by atoms with Gasteiger partial charge in [0.1, 0.15) is 0 Å². The molecule has 7 nitrogen and oxygen atoms in total. The van der Waals surface area contributed by atoms with E-state index in [9.17, 15) is 4.79 Å². The molecule has 1 unspecified atom stereocenters. The first kappa shape index (κ1) is 20.2. The number of likely N-dealkylation sites (N-methyl/N-ethyl adjacent to an activating group) is 1. The average Bonchev–Trinajstić information content (AvgIpc) is 2.71. The minimum absolute atomic E-state index is 0.0214. The number of carbonyl (C=O) groups excluding carboxylic acids is 1. The van der Waals surface area contributed by atoms with Crippen LogP contribution >= 0.6 is 0 Å². The Bertz CT molecular complexity index is 738. The van der Waals surface area contributed by atoms with Crippen molar-refractivity contribution in [1.82, 2.24) is 15.1 Å². The maximum Gasteiger partial charge on any atom is 0.290 e. The molecule has 0 bridgehead atoms. The molecule has 152 valence electrons. The number of likely N-dealkylation sites (tertiary alicyclic amines) is 1.